The Morgan fingerprint density at radius 1 is 1.11 bits per heavy atom. The number of benzene rings is 1. The standard InChI is InChI=1S/C17H22N2/c1-3-17(12-15-8-5-4-6-9-15)19-14(2)16-10-7-11-18-13-16/h4-11,13-14,17,19H,3,12H2,1-2H3/t14-,17?/m0/s1. The number of rotatable bonds is 6. The summed E-state index contributed by atoms with van der Waals surface area (Å²) in [5.41, 5.74) is 2.63. The molecular weight excluding hydrogens is 232 g/mol. The molecule has 0 aliphatic carbocycles. The van der Waals surface area contributed by atoms with Gasteiger partial charge in [-0.1, -0.05) is 43.3 Å². The van der Waals surface area contributed by atoms with Gasteiger partial charge in [-0.05, 0) is 37.0 Å². The van der Waals surface area contributed by atoms with Crippen molar-refractivity contribution in [1.29, 1.82) is 0 Å². The summed E-state index contributed by atoms with van der Waals surface area (Å²) in [6.07, 6.45) is 5.95. The van der Waals surface area contributed by atoms with Crippen LogP contribution in [0.15, 0.2) is 54.9 Å². The Morgan fingerprint density at radius 3 is 2.53 bits per heavy atom. The first-order valence-electron chi connectivity index (χ1n) is 6.99. The zero-order valence-electron chi connectivity index (χ0n) is 11.7. The van der Waals surface area contributed by atoms with Gasteiger partial charge in [-0.15, -0.1) is 0 Å². The summed E-state index contributed by atoms with van der Waals surface area (Å²) in [7, 11) is 0. The molecule has 0 bridgehead atoms. The molecule has 1 unspecified atom stereocenters. The molecule has 2 atom stereocenters. The molecule has 2 rings (SSSR count). The lowest BCUT2D eigenvalue weighted by atomic mass is 10.0. The minimum absolute atomic E-state index is 0.336. The van der Waals surface area contributed by atoms with Crippen molar-refractivity contribution < 1.29 is 0 Å². The Morgan fingerprint density at radius 2 is 1.89 bits per heavy atom. The van der Waals surface area contributed by atoms with Crippen molar-refractivity contribution in [3.8, 4) is 0 Å². The maximum atomic E-state index is 4.18. The molecule has 19 heavy (non-hydrogen) atoms. The van der Waals surface area contributed by atoms with Crippen LogP contribution in [0.3, 0.4) is 0 Å². The predicted molar refractivity (Wildman–Crippen MR) is 80.0 cm³/mol. The highest BCUT2D eigenvalue weighted by Gasteiger charge is 2.12. The summed E-state index contributed by atoms with van der Waals surface area (Å²) in [4.78, 5) is 4.18. The molecule has 2 aromatic rings. The zero-order valence-corrected chi connectivity index (χ0v) is 11.7. The Hall–Kier alpha value is -1.67. The summed E-state index contributed by atoms with van der Waals surface area (Å²) >= 11 is 0. The average molecular weight is 254 g/mol. The minimum atomic E-state index is 0.336. The van der Waals surface area contributed by atoms with Crippen molar-refractivity contribution in [1.82, 2.24) is 10.3 Å². The molecule has 1 heterocycles. The number of nitrogens with zero attached hydrogens (tertiary/aromatic N) is 1. The fraction of sp³-hybridized carbons (Fsp3) is 0.353. The van der Waals surface area contributed by atoms with Crippen molar-refractivity contribution in [2.75, 3.05) is 0 Å². The van der Waals surface area contributed by atoms with E-state index in [1.165, 1.54) is 11.1 Å². The SMILES string of the molecule is CCC(Cc1ccccc1)N[C@@H](C)c1cccnc1. The molecule has 0 saturated heterocycles. The van der Waals surface area contributed by atoms with E-state index in [0.717, 1.165) is 12.8 Å². The van der Waals surface area contributed by atoms with E-state index in [9.17, 15) is 0 Å². The molecule has 0 amide bonds. The summed E-state index contributed by atoms with van der Waals surface area (Å²) in [6, 6.07) is 15.6. The van der Waals surface area contributed by atoms with Crippen molar-refractivity contribution >= 4 is 0 Å². The van der Waals surface area contributed by atoms with Crippen LogP contribution in [0.1, 0.15) is 37.4 Å². The summed E-state index contributed by atoms with van der Waals surface area (Å²) < 4.78 is 0. The average Bonchev–Trinajstić information content (AvgIpc) is 2.48. The van der Waals surface area contributed by atoms with Crippen LogP contribution in [0.4, 0.5) is 0 Å². The third-order valence-corrected chi connectivity index (χ3v) is 3.49. The number of hydrogen-bond acceptors (Lipinski definition) is 2. The smallest absolute Gasteiger partial charge is 0.0315 e. The molecule has 2 heteroatoms. The number of aromatic nitrogens is 1. The first-order chi connectivity index (χ1) is 9.29. The third-order valence-electron chi connectivity index (χ3n) is 3.49. The summed E-state index contributed by atoms with van der Waals surface area (Å²) in [5.74, 6) is 0. The second kappa shape index (κ2) is 7.05. The van der Waals surface area contributed by atoms with E-state index in [-0.39, 0.29) is 0 Å². The normalized spacial score (nSPS) is 14.0. The molecule has 1 N–H and O–H groups in total. The molecule has 0 radical (unpaired) electrons. The maximum absolute atomic E-state index is 4.18. The topological polar surface area (TPSA) is 24.9 Å². The minimum Gasteiger partial charge on any atom is -0.307 e. The van der Waals surface area contributed by atoms with Gasteiger partial charge in [-0.2, -0.15) is 0 Å². The third kappa shape index (κ3) is 4.18. The molecular formula is C17H22N2. The molecule has 0 aliphatic heterocycles. The van der Waals surface area contributed by atoms with Gasteiger partial charge in [-0.25, -0.2) is 0 Å². The molecule has 100 valence electrons. The van der Waals surface area contributed by atoms with Gasteiger partial charge in [0.2, 0.25) is 0 Å². The van der Waals surface area contributed by atoms with Gasteiger partial charge in [0.1, 0.15) is 0 Å². The van der Waals surface area contributed by atoms with E-state index in [4.69, 9.17) is 0 Å². The van der Waals surface area contributed by atoms with Gasteiger partial charge < -0.3 is 5.32 Å². The van der Waals surface area contributed by atoms with Gasteiger partial charge in [0.05, 0.1) is 0 Å². The molecule has 2 nitrogen and oxygen atoms in total. The number of nitrogens with one attached hydrogen (secondary N) is 1. The van der Waals surface area contributed by atoms with Crippen molar-refractivity contribution in [2.24, 2.45) is 0 Å². The lowest BCUT2D eigenvalue weighted by Gasteiger charge is -2.22. The lowest BCUT2D eigenvalue weighted by Crippen LogP contribution is -2.32. The predicted octanol–water partition coefficient (Wildman–Crippen LogP) is 3.75. The highest BCUT2D eigenvalue weighted by atomic mass is 14.9. The van der Waals surface area contributed by atoms with E-state index in [1.807, 2.05) is 18.5 Å². The second-order valence-corrected chi connectivity index (χ2v) is 4.97. The molecule has 1 aromatic carbocycles. The molecule has 1 aromatic heterocycles. The first-order valence-corrected chi connectivity index (χ1v) is 6.99. The molecule has 0 fully saturated rings. The van der Waals surface area contributed by atoms with Gasteiger partial charge in [0, 0.05) is 24.5 Å². The Kier molecular flexibility index (Phi) is 5.10. The van der Waals surface area contributed by atoms with Crippen LogP contribution >= 0.6 is 0 Å². The Balaban J connectivity index is 1.96. The first kappa shape index (κ1) is 13.8. The number of pyridine rings is 1. The quantitative estimate of drug-likeness (QED) is 0.849. The largest absolute Gasteiger partial charge is 0.307 e. The maximum Gasteiger partial charge on any atom is 0.0315 e. The van der Waals surface area contributed by atoms with Crippen LogP contribution in [0, 0.1) is 0 Å². The van der Waals surface area contributed by atoms with E-state index in [0.29, 0.717) is 12.1 Å². The highest BCUT2D eigenvalue weighted by molar-refractivity contribution is 5.17. The van der Waals surface area contributed by atoms with Gasteiger partial charge in [0.25, 0.3) is 0 Å². The van der Waals surface area contributed by atoms with Crippen LogP contribution < -0.4 is 5.32 Å². The monoisotopic (exact) mass is 254 g/mol. The van der Waals surface area contributed by atoms with Crippen molar-refractivity contribution in [3.05, 3.63) is 66.0 Å². The van der Waals surface area contributed by atoms with Gasteiger partial charge in [0.15, 0.2) is 0 Å². The van der Waals surface area contributed by atoms with Crippen LogP contribution in [-0.4, -0.2) is 11.0 Å². The van der Waals surface area contributed by atoms with Crippen LogP contribution in [-0.2, 0) is 6.42 Å². The van der Waals surface area contributed by atoms with E-state index < -0.39 is 0 Å². The Labute approximate surface area is 115 Å². The zero-order chi connectivity index (χ0) is 13.5. The molecule has 0 spiro atoms. The second-order valence-electron chi connectivity index (χ2n) is 4.97. The van der Waals surface area contributed by atoms with Crippen LogP contribution in [0.5, 0.6) is 0 Å². The van der Waals surface area contributed by atoms with E-state index >= 15 is 0 Å². The van der Waals surface area contributed by atoms with E-state index in [1.54, 1.807) is 0 Å². The van der Waals surface area contributed by atoms with Crippen LogP contribution in [0.2, 0.25) is 0 Å². The lowest BCUT2D eigenvalue weighted by molar-refractivity contribution is 0.439. The number of hydrogen-bond donors (Lipinski definition) is 1. The molecule has 0 saturated carbocycles. The van der Waals surface area contributed by atoms with Crippen LogP contribution in [0.25, 0.3) is 0 Å². The highest BCUT2D eigenvalue weighted by Crippen LogP contribution is 2.14. The van der Waals surface area contributed by atoms with E-state index in [2.05, 4.69) is 60.5 Å². The fourth-order valence-corrected chi connectivity index (χ4v) is 2.30. The summed E-state index contributed by atoms with van der Waals surface area (Å²) in [5, 5.41) is 3.69. The Bertz CT molecular complexity index is 467. The fourth-order valence-electron chi connectivity index (χ4n) is 2.30. The van der Waals surface area contributed by atoms with Gasteiger partial charge in [-0.3, -0.25) is 4.98 Å². The van der Waals surface area contributed by atoms with Crippen molar-refractivity contribution in [2.45, 2.75) is 38.8 Å². The van der Waals surface area contributed by atoms with Gasteiger partial charge >= 0.3 is 0 Å². The van der Waals surface area contributed by atoms with Crippen molar-refractivity contribution in [3.63, 3.8) is 0 Å². The summed E-state index contributed by atoms with van der Waals surface area (Å²) in [6.45, 7) is 4.43. The molecule has 0 aliphatic rings.